The molecule has 0 radical (unpaired) electrons. The molecular formula is C16H31N3O3. The van der Waals surface area contributed by atoms with Gasteiger partial charge in [0.25, 0.3) is 0 Å². The van der Waals surface area contributed by atoms with Crippen molar-refractivity contribution in [2.24, 2.45) is 0 Å². The van der Waals surface area contributed by atoms with E-state index in [-0.39, 0.29) is 6.09 Å². The third-order valence-electron chi connectivity index (χ3n) is 4.08. The van der Waals surface area contributed by atoms with Crippen LogP contribution >= 0.6 is 0 Å². The summed E-state index contributed by atoms with van der Waals surface area (Å²) in [6.07, 6.45) is 1.01. The third-order valence-corrected chi connectivity index (χ3v) is 4.08. The van der Waals surface area contributed by atoms with Gasteiger partial charge >= 0.3 is 6.09 Å². The zero-order valence-corrected chi connectivity index (χ0v) is 14.3. The van der Waals surface area contributed by atoms with Crippen LogP contribution in [0.3, 0.4) is 0 Å². The number of carbonyl (C=O) groups is 1. The summed E-state index contributed by atoms with van der Waals surface area (Å²) in [5.41, 5.74) is -0.410. The van der Waals surface area contributed by atoms with E-state index >= 15 is 0 Å². The van der Waals surface area contributed by atoms with Gasteiger partial charge < -0.3 is 14.4 Å². The van der Waals surface area contributed by atoms with Gasteiger partial charge in [0, 0.05) is 39.3 Å². The van der Waals surface area contributed by atoms with E-state index in [9.17, 15) is 4.79 Å². The Labute approximate surface area is 134 Å². The molecule has 6 nitrogen and oxygen atoms in total. The van der Waals surface area contributed by atoms with E-state index in [0.717, 1.165) is 65.6 Å². The molecule has 0 N–H and O–H groups in total. The third kappa shape index (κ3) is 6.10. The van der Waals surface area contributed by atoms with Gasteiger partial charge in [0.15, 0.2) is 0 Å². The van der Waals surface area contributed by atoms with Crippen LogP contribution in [0.15, 0.2) is 0 Å². The largest absolute Gasteiger partial charge is 0.444 e. The van der Waals surface area contributed by atoms with Crippen LogP contribution in [0.5, 0.6) is 0 Å². The van der Waals surface area contributed by atoms with Crippen LogP contribution in [0.1, 0.15) is 27.2 Å². The van der Waals surface area contributed by atoms with Gasteiger partial charge in [-0.25, -0.2) is 4.79 Å². The SMILES string of the molecule is CC(C)(C)OC(=O)N1CCN(CCCN2CCOCC2)CC1. The van der Waals surface area contributed by atoms with Crippen LogP contribution < -0.4 is 0 Å². The highest BCUT2D eigenvalue weighted by Crippen LogP contribution is 2.12. The highest BCUT2D eigenvalue weighted by molar-refractivity contribution is 5.68. The maximum Gasteiger partial charge on any atom is 0.410 e. The number of hydrogen-bond donors (Lipinski definition) is 0. The summed E-state index contributed by atoms with van der Waals surface area (Å²) in [5, 5.41) is 0. The molecule has 0 saturated carbocycles. The fourth-order valence-electron chi connectivity index (χ4n) is 2.82. The zero-order chi connectivity index (χ0) is 16.0. The standard InChI is InChI=1S/C16H31N3O3/c1-16(2,3)22-15(20)19-9-7-17(8-10-19)5-4-6-18-11-13-21-14-12-18/h4-14H2,1-3H3. The number of piperazine rings is 1. The average Bonchev–Trinajstić information content (AvgIpc) is 2.47. The monoisotopic (exact) mass is 313 g/mol. The van der Waals surface area contributed by atoms with Crippen LogP contribution in [-0.4, -0.2) is 92.0 Å². The summed E-state index contributed by atoms with van der Waals surface area (Å²) in [5.74, 6) is 0. The van der Waals surface area contributed by atoms with Crippen molar-refractivity contribution in [3.8, 4) is 0 Å². The summed E-state index contributed by atoms with van der Waals surface area (Å²) in [4.78, 5) is 18.7. The molecule has 0 unspecified atom stereocenters. The summed E-state index contributed by atoms with van der Waals surface area (Å²) in [7, 11) is 0. The normalized spacial score (nSPS) is 21.9. The Bertz CT molecular complexity index is 343. The second kappa shape index (κ2) is 8.13. The average molecular weight is 313 g/mol. The van der Waals surface area contributed by atoms with Crippen molar-refractivity contribution >= 4 is 6.09 Å². The minimum atomic E-state index is -0.410. The van der Waals surface area contributed by atoms with Gasteiger partial charge in [0.2, 0.25) is 0 Å². The Morgan fingerprint density at radius 2 is 1.50 bits per heavy atom. The van der Waals surface area contributed by atoms with Crippen molar-refractivity contribution in [3.05, 3.63) is 0 Å². The van der Waals surface area contributed by atoms with Gasteiger partial charge in [0.1, 0.15) is 5.60 Å². The van der Waals surface area contributed by atoms with E-state index in [0.29, 0.717) is 0 Å². The van der Waals surface area contributed by atoms with Gasteiger partial charge in [-0.15, -0.1) is 0 Å². The van der Waals surface area contributed by atoms with E-state index in [1.54, 1.807) is 0 Å². The van der Waals surface area contributed by atoms with Crippen molar-refractivity contribution in [2.75, 3.05) is 65.6 Å². The van der Waals surface area contributed by atoms with Crippen molar-refractivity contribution in [1.82, 2.24) is 14.7 Å². The molecule has 2 heterocycles. The first-order valence-corrected chi connectivity index (χ1v) is 8.44. The molecule has 0 aromatic heterocycles. The fraction of sp³-hybridized carbons (Fsp3) is 0.938. The van der Waals surface area contributed by atoms with Crippen molar-refractivity contribution < 1.29 is 14.3 Å². The van der Waals surface area contributed by atoms with E-state index in [4.69, 9.17) is 9.47 Å². The van der Waals surface area contributed by atoms with E-state index in [1.807, 2.05) is 25.7 Å². The topological polar surface area (TPSA) is 45.2 Å². The van der Waals surface area contributed by atoms with E-state index in [1.165, 1.54) is 6.42 Å². The molecule has 0 atom stereocenters. The fourth-order valence-corrected chi connectivity index (χ4v) is 2.82. The number of amides is 1. The minimum absolute atomic E-state index is 0.180. The van der Waals surface area contributed by atoms with E-state index < -0.39 is 5.60 Å². The molecule has 1 amide bonds. The Balaban J connectivity index is 1.59. The Kier molecular flexibility index (Phi) is 6.47. The van der Waals surface area contributed by atoms with Crippen molar-refractivity contribution in [1.29, 1.82) is 0 Å². The molecule has 6 heteroatoms. The predicted molar refractivity (Wildman–Crippen MR) is 86.1 cm³/mol. The zero-order valence-electron chi connectivity index (χ0n) is 14.3. The lowest BCUT2D eigenvalue weighted by atomic mass is 10.2. The second-order valence-electron chi connectivity index (χ2n) is 7.12. The highest BCUT2D eigenvalue weighted by Gasteiger charge is 2.25. The summed E-state index contributed by atoms with van der Waals surface area (Å²) < 4.78 is 10.8. The van der Waals surface area contributed by atoms with Crippen LogP contribution in [0.25, 0.3) is 0 Å². The molecule has 0 aromatic carbocycles. The summed E-state index contributed by atoms with van der Waals surface area (Å²) >= 11 is 0. The molecular weight excluding hydrogens is 282 g/mol. The predicted octanol–water partition coefficient (Wildman–Crippen LogP) is 1.26. The Morgan fingerprint density at radius 1 is 0.955 bits per heavy atom. The number of hydrogen-bond acceptors (Lipinski definition) is 5. The molecule has 0 aliphatic carbocycles. The molecule has 22 heavy (non-hydrogen) atoms. The molecule has 2 aliphatic rings. The molecule has 2 saturated heterocycles. The van der Waals surface area contributed by atoms with Gasteiger partial charge in [0.05, 0.1) is 13.2 Å². The summed E-state index contributed by atoms with van der Waals surface area (Å²) in [6.45, 7) is 15.3. The molecule has 0 spiro atoms. The van der Waals surface area contributed by atoms with Gasteiger partial charge in [-0.2, -0.15) is 0 Å². The van der Waals surface area contributed by atoms with E-state index in [2.05, 4.69) is 9.80 Å². The minimum Gasteiger partial charge on any atom is -0.444 e. The first-order chi connectivity index (χ1) is 10.4. The lowest BCUT2D eigenvalue weighted by Gasteiger charge is -2.36. The second-order valence-corrected chi connectivity index (χ2v) is 7.12. The van der Waals surface area contributed by atoms with Gasteiger partial charge in [-0.3, -0.25) is 9.80 Å². The molecule has 2 aliphatic heterocycles. The van der Waals surface area contributed by atoms with Gasteiger partial charge in [-0.05, 0) is 40.3 Å². The maximum absolute atomic E-state index is 12.0. The van der Waals surface area contributed by atoms with Crippen LogP contribution in [0, 0.1) is 0 Å². The first kappa shape index (κ1) is 17.5. The smallest absolute Gasteiger partial charge is 0.410 e. The molecule has 2 rings (SSSR count). The number of carbonyl (C=O) groups excluding carboxylic acids is 1. The van der Waals surface area contributed by atoms with Crippen LogP contribution in [0.2, 0.25) is 0 Å². The molecule has 128 valence electrons. The number of morpholine rings is 1. The number of rotatable bonds is 4. The maximum atomic E-state index is 12.0. The number of ether oxygens (including phenoxy) is 2. The van der Waals surface area contributed by atoms with Crippen LogP contribution in [0.4, 0.5) is 4.79 Å². The van der Waals surface area contributed by atoms with Crippen molar-refractivity contribution in [3.63, 3.8) is 0 Å². The van der Waals surface area contributed by atoms with Crippen molar-refractivity contribution in [2.45, 2.75) is 32.8 Å². The van der Waals surface area contributed by atoms with Crippen LogP contribution in [-0.2, 0) is 9.47 Å². The molecule has 2 fully saturated rings. The molecule has 0 bridgehead atoms. The Hall–Kier alpha value is -0.850. The number of nitrogens with zero attached hydrogens (tertiary/aromatic N) is 3. The Morgan fingerprint density at radius 3 is 2.05 bits per heavy atom. The first-order valence-electron chi connectivity index (χ1n) is 8.44. The quantitative estimate of drug-likeness (QED) is 0.782. The van der Waals surface area contributed by atoms with Gasteiger partial charge in [-0.1, -0.05) is 0 Å². The lowest BCUT2D eigenvalue weighted by molar-refractivity contribution is 0.0134. The molecule has 0 aromatic rings. The highest BCUT2D eigenvalue weighted by atomic mass is 16.6. The lowest BCUT2D eigenvalue weighted by Crippen LogP contribution is -2.50. The summed E-state index contributed by atoms with van der Waals surface area (Å²) in [6, 6.07) is 0.